The minimum atomic E-state index is -1.14. The van der Waals surface area contributed by atoms with Gasteiger partial charge in [-0.05, 0) is 64.6 Å². The molecule has 17 nitrogen and oxygen atoms in total. The summed E-state index contributed by atoms with van der Waals surface area (Å²) in [6, 6.07) is 29.7. The molecule has 0 aromatic heterocycles. The van der Waals surface area contributed by atoms with E-state index in [2.05, 4.69) is 26.6 Å². The van der Waals surface area contributed by atoms with Crippen molar-refractivity contribution in [1.29, 1.82) is 0 Å². The van der Waals surface area contributed by atoms with Gasteiger partial charge in [0.1, 0.15) is 12.1 Å². The second kappa shape index (κ2) is 25.0. The van der Waals surface area contributed by atoms with Crippen molar-refractivity contribution in [3.8, 4) is 11.1 Å². The molecular formula is C51H60N8O9. The minimum Gasteiger partial charge on any atom is -0.378 e. The Balaban J connectivity index is 1.29. The summed E-state index contributed by atoms with van der Waals surface area (Å²) in [5.41, 5.74) is 9.91. The van der Waals surface area contributed by atoms with Crippen LogP contribution in [0.3, 0.4) is 0 Å². The average molecular weight is 929 g/mol. The molecule has 17 heteroatoms. The quantitative estimate of drug-likeness (QED) is 0.0614. The van der Waals surface area contributed by atoms with Crippen molar-refractivity contribution in [1.82, 2.24) is 31.5 Å². The maximum absolute atomic E-state index is 14.9. The molecule has 2 aliphatic heterocycles. The van der Waals surface area contributed by atoms with Crippen LogP contribution >= 0.6 is 0 Å². The highest BCUT2D eigenvalue weighted by atomic mass is 16.6. The number of nitrogens with zero attached hydrogens (tertiary/aromatic N) is 2. The molecule has 358 valence electrons. The first-order valence-electron chi connectivity index (χ1n) is 23.0. The number of rotatable bonds is 14. The molecule has 0 unspecified atom stereocenters. The number of nitrogens with one attached hydrogen (secondary N) is 5. The summed E-state index contributed by atoms with van der Waals surface area (Å²) in [6.07, 6.45) is 3.84. The first-order chi connectivity index (χ1) is 32.9. The third-order valence-electron chi connectivity index (χ3n) is 12.1. The molecule has 68 heavy (non-hydrogen) atoms. The summed E-state index contributed by atoms with van der Waals surface area (Å²) in [7, 11) is 0. The first kappa shape index (κ1) is 50.2. The molecule has 1 fully saturated rings. The maximum Gasteiger partial charge on any atom is 0.246 e. The molecule has 0 aliphatic carbocycles. The van der Waals surface area contributed by atoms with Crippen LogP contribution in [0.15, 0.2) is 115 Å². The highest BCUT2D eigenvalue weighted by Gasteiger charge is 2.44. The van der Waals surface area contributed by atoms with Gasteiger partial charge in [0.25, 0.3) is 0 Å². The molecule has 2 heterocycles. The zero-order valence-electron chi connectivity index (χ0n) is 38.1. The van der Waals surface area contributed by atoms with Crippen LogP contribution in [0.2, 0.25) is 0 Å². The molecular weight excluding hydrogens is 869 g/mol. The smallest absolute Gasteiger partial charge is 0.246 e. The Kier molecular flexibility index (Phi) is 18.5. The molecule has 0 spiro atoms. The first-order valence-corrected chi connectivity index (χ1v) is 23.0. The Morgan fingerprint density at radius 1 is 0.824 bits per heavy atom. The van der Waals surface area contributed by atoms with E-state index < -0.39 is 52.9 Å². The molecule has 3 atom stereocenters. The number of hydrogen-bond donors (Lipinski definition) is 6. The van der Waals surface area contributed by atoms with Gasteiger partial charge in [-0.2, -0.15) is 0 Å². The van der Waals surface area contributed by atoms with Crippen LogP contribution < -0.4 is 32.3 Å². The third kappa shape index (κ3) is 14.9. The van der Waals surface area contributed by atoms with E-state index in [1.807, 2.05) is 78.9 Å². The molecule has 6 rings (SSSR count). The molecule has 0 saturated carbocycles. The van der Waals surface area contributed by atoms with Gasteiger partial charge in [-0.25, -0.2) is 0 Å². The Bertz CT molecular complexity index is 2410. The number of amides is 6. The van der Waals surface area contributed by atoms with Crippen molar-refractivity contribution >= 4 is 35.4 Å². The van der Waals surface area contributed by atoms with Crippen LogP contribution in [0, 0.1) is 15.5 Å². The number of carbonyl (C=O) groups is 6. The SMILES string of the molecule is NCCOCCNC(=O)[C@@H]1CCNC(=O)/C=C/C(=O)N2CCC[C@](Cc3ccccc3)(C2)C(=O)N[C@@H](Cc2ccc(-c3ccc(CC[N+](=O)[O-])cc3)cc2)C(=O)NCc2ccccc2CC(=O)N1. The minimum absolute atomic E-state index is 0.000573. The molecule has 7 N–H and O–H groups in total. The van der Waals surface area contributed by atoms with Gasteiger partial charge >= 0.3 is 0 Å². The topological polar surface area (TPSA) is 244 Å². The lowest BCUT2D eigenvalue weighted by molar-refractivity contribution is -0.479. The van der Waals surface area contributed by atoms with Crippen molar-refractivity contribution in [3.05, 3.63) is 153 Å². The summed E-state index contributed by atoms with van der Waals surface area (Å²) in [5, 5.41) is 25.2. The van der Waals surface area contributed by atoms with Crippen molar-refractivity contribution in [3.63, 3.8) is 0 Å². The number of nitrogens with two attached hydrogens (primary N) is 1. The zero-order valence-corrected chi connectivity index (χ0v) is 38.1. The standard InChI is InChI=1S/C51H60N8O9/c52-24-29-68-30-26-54-48(63)43-21-25-53-45(60)19-20-47(62)58-27-6-23-51(35-58,33-38-7-2-1-3-8-38)50(65)57-44(49(64)55-34-42-10-5-4-9-41(42)32-46(61)56-43)31-37-13-17-40(18-14-37)39-15-11-36(12-16-39)22-28-59(66)67/h1-5,7-20,43-44H,6,21-35,52H2,(H,53,60)(H,54,63)(H,55,64)(H,56,61)(H,57,65)/b20-19+/t43-,44-,51-/m0/s1. The fourth-order valence-electron chi connectivity index (χ4n) is 8.49. The van der Waals surface area contributed by atoms with Crippen LogP contribution in [0.4, 0.5) is 0 Å². The number of carbonyl (C=O) groups excluding carboxylic acids is 6. The summed E-state index contributed by atoms with van der Waals surface area (Å²) >= 11 is 0. The highest BCUT2D eigenvalue weighted by molar-refractivity contribution is 5.97. The number of ether oxygens (including phenoxy) is 1. The lowest BCUT2D eigenvalue weighted by Crippen LogP contribution is -2.58. The van der Waals surface area contributed by atoms with Gasteiger partial charge in [0.2, 0.25) is 42.0 Å². The zero-order chi connectivity index (χ0) is 48.3. The monoisotopic (exact) mass is 928 g/mol. The Hall–Kier alpha value is -7.24. The number of nitro groups is 1. The number of fused-ring (bicyclic) bond motifs is 3. The predicted molar refractivity (Wildman–Crippen MR) is 255 cm³/mol. The normalized spacial score (nSPS) is 20.2. The van der Waals surface area contributed by atoms with Crippen LogP contribution in [0.1, 0.15) is 47.1 Å². The Morgan fingerprint density at radius 2 is 1.51 bits per heavy atom. The summed E-state index contributed by atoms with van der Waals surface area (Å²) in [4.78, 5) is 95.1. The van der Waals surface area contributed by atoms with Gasteiger partial charge in [0.15, 0.2) is 0 Å². The Labute approximate surface area is 395 Å². The van der Waals surface area contributed by atoms with Gasteiger partial charge < -0.3 is 42.0 Å². The van der Waals surface area contributed by atoms with Crippen molar-refractivity contribution in [2.45, 2.75) is 63.6 Å². The van der Waals surface area contributed by atoms with E-state index in [0.29, 0.717) is 50.1 Å². The van der Waals surface area contributed by atoms with Gasteiger partial charge in [-0.15, -0.1) is 0 Å². The van der Waals surface area contributed by atoms with Gasteiger partial charge in [-0.3, -0.25) is 38.9 Å². The van der Waals surface area contributed by atoms with Gasteiger partial charge in [0, 0.05) is 69.2 Å². The second-order valence-electron chi connectivity index (χ2n) is 17.1. The summed E-state index contributed by atoms with van der Waals surface area (Å²) in [6.45, 7) is 1.29. The Morgan fingerprint density at radius 3 is 2.22 bits per heavy atom. The molecule has 4 aromatic carbocycles. The van der Waals surface area contributed by atoms with Crippen molar-refractivity contribution in [2.75, 3.05) is 52.5 Å². The van der Waals surface area contributed by atoms with E-state index in [-0.39, 0.29) is 69.9 Å². The molecule has 0 radical (unpaired) electrons. The van der Waals surface area contributed by atoms with Gasteiger partial charge in [-0.1, -0.05) is 103 Å². The predicted octanol–water partition coefficient (Wildman–Crippen LogP) is 2.56. The van der Waals surface area contributed by atoms with Gasteiger partial charge in [0.05, 0.1) is 25.0 Å². The van der Waals surface area contributed by atoms with Crippen LogP contribution in [-0.4, -0.2) is 110 Å². The molecule has 1 saturated heterocycles. The van der Waals surface area contributed by atoms with Crippen molar-refractivity contribution < 1.29 is 38.4 Å². The van der Waals surface area contributed by atoms with E-state index in [1.54, 1.807) is 29.2 Å². The lowest BCUT2D eigenvalue weighted by atomic mass is 9.74. The van der Waals surface area contributed by atoms with E-state index in [0.717, 1.165) is 40.0 Å². The van der Waals surface area contributed by atoms with E-state index in [1.165, 1.54) is 0 Å². The fourth-order valence-corrected chi connectivity index (χ4v) is 8.49. The molecule has 2 aliphatic rings. The van der Waals surface area contributed by atoms with E-state index >= 15 is 0 Å². The molecule has 6 amide bonds. The van der Waals surface area contributed by atoms with Crippen LogP contribution in [-0.2, 0) is 65.7 Å². The lowest BCUT2D eigenvalue weighted by Gasteiger charge is -2.42. The van der Waals surface area contributed by atoms with Crippen molar-refractivity contribution in [2.24, 2.45) is 11.1 Å². The van der Waals surface area contributed by atoms with Crippen LogP contribution in [0.25, 0.3) is 11.1 Å². The third-order valence-corrected chi connectivity index (χ3v) is 12.1. The van der Waals surface area contributed by atoms with Crippen LogP contribution in [0.5, 0.6) is 0 Å². The fraction of sp³-hybridized carbons (Fsp3) is 0.373. The average Bonchev–Trinajstić information content (AvgIpc) is 3.34. The maximum atomic E-state index is 14.9. The number of hydrogen-bond acceptors (Lipinski definition) is 10. The number of piperidine rings is 1. The molecule has 4 aromatic rings. The van der Waals surface area contributed by atoms with E-state index in [4.69, 9.17) is 10.5 Å². The van der Waals surface area contributed by atoms with E-state index in [9.17, 15) is 38.9 Å². The second-order valence-corrected chi connectivity index (χ2v) is 17.1. The number of benzene rings is 4. The highest BCUT2D eigenvalue weighted by Crippen LogP contribution is 2.35. The summed E-state index contributed by atoms with van der Waals surface area (Å²) < 4.78 is 5.37. The molecule has 2 bridgehead atoms. The largest absolute Gasteiger partial charge is 0.378 e. The summed E-state index contributed by atoms with van der Waals surface area (Å²) in [5.74, 6) is -2.84.